The Morgan fingerprint density at radius 1 is 0.561 bits per heavy atom. The summed E-state index contributed by atoms with van der Waals surface area (Å²) in [6.45, 7) is -3.68. The van der Waals surface area contributed by atoms with Crippen LogP contribution in [0.25, 0.3) is 0 Å². The average molecular weight is 612 g/mol. The number of hydrogen-bond donors (Lipinski definition) is 2. The van der Waals surface area contributed by atoms with Crippen molar-refractivity contribution in [2.24, 2.45) is 11.5 Å². The topological polar surface area (TPSA) is 52.0 Å². The summed E-state index contributed by atoms with van der Waals surface area (Å²) in [5.74, 6) is 0. The fourth-order valence-corrected chi connectivity index (χ4v) is 131. The number of rotatable bonds is 8. The molecule has 5 heteroatoms. The SMILES string of the molecule is NCC(N)[C]12[CH]3[CH]4[CH]5[C]1(P(c1ccccc1)c1ccccc1)[Fe]43521678[CH]2[CH]1[CH]6[C]7(P(c1ccccc1)c1ccccc1)[CH]28. The molecule has 4 aromatic rings. The molecule has 10 atom stereocenters. The number of benzene rings is 4. The van der Waals surface area contributed by atoms with E-state index in [9.17, 15) is 0 Å². The molecule has 0 radical (unpaired) electrons. The van der Waals surface area contributed by atoms with Crippen molar-refractivity contribution in [3.63, 3.8) is 0 Å². The molecule has 206 valence electrons. The summed E-state index contributed by atoms with van der Waals surface area (Å²) in [7, 11) is -0.885. The molecule has 1 spiro atoms. The molecule has 0 saturated carbocycles. The Bertz CT molecular complexity index is 2240. The number of fused-ring (bicyclic) bond motifs is 10. The molecule has 4 aromatic carbocycles. The van der Waals surface area contributed by atoms with E-state index in [2.05, 4.69) is 121 Å². The van der Waals surface area contributed by atoms with Crippen molar-refractivity contribution in [2.75, 3.05) is 6.54 Å². The predicted octanol–water partition coefficient (Wildman–Crippen LogP) is 6.11. The molecule has 0 aromatic heterocycles. The van der Waals surface area contributed by atoms with E-state index in [1.807, 2.05) is 0 Å². The molecule has 10 unspecified atom stereocenters. The van der Waals surface area contributed by atoms with Crippen LogP contribution in [0.4, 0.5) is 0 Å². The normalized spacial score (nSPS) is 60.7. The van der Waals surface area contributed by atoms with Crippen molar-refractivity contribution in [2.45, 2.75) is 52.2 Å². The summed E-state index contributed by atoms with van der Waals surface area (Å²) in [6.07, 6.45) is 0. The van der Waals surface area contributed by atoms with Crippen LogP contribution in [0.3, 0.4) is 0 Å². The van der Waals surface area contributed by atoms with Crippen LogP contribution in [0.5, 0.6) is 0 Å². The van der Waals surface area contributed by atoms with Crippen molar-refractivity contribution in [3.8, 4) is 0 Å². The fourth-order valence-electron chi connectivity index (χ4n) is 22.7. The summed E-state index contributed by atoms with van der Waals surface area (Å²) in [4.78, 5) is 7.55. The van der Waals surface area contributed by atoms with Crippen LogP contribution in [0.15, 0.2) is 121 Å². The van der Waals surface area contributed by atoms with Crippen LogP contribution in [-0.4, -0.2) is 20.7 Å². The van der Waals surface area contributed by atoms with Gasteiger partial charge in [0.25, 0.3) is 0 Å². The second kappa shape index (κ2) is 3.42. The Morgan fingerprint density at radius 2 is 0.976 bits per heavy atom. The zero-order valence-corrected chi connectivity index (χ0v) is 25.7. The van der Waals surface area contributed by atoms with Gasteiger partial charge in [-0.25, -0.2) is 0 Å². The van der Waals surface area contributed by atoms with Gasteiger partial charge in [-0.05, 0) is 0 Å². The first kappa shape index (κ1) is 21.0. The maximum atomic E-state index is 7.59. The standard InChI is InChI=1S/C19H20N2P.C17H14P.Fe/c20-14-18(21)17-12-7-13-19(17)22(15-8-3-1-4-9-15)16-10-5-2-6-11-16;1-3-9-15(10-4-1)18(17-13-7-8-14-17)16-11-5-2-6-12-16;/h1-13,18H,14,20-21H2;1-14H;. The van der Waals surface area contributed by atoms with E-state index >= 15 is 0 Å². The third-order valence-electron chi connectivity index (χ3n) is 20.5. The molecule has 0 bridgehead atoms. The quantitative estimate of drug-likeness (QED) is 0.186. The molecule has 0 aliphatic carbocycles. The summed E-state index contributed by atoms with van der Waals surface area (Å²) < 4.78 is 1.55. The number of hydrogen-bond acceptors (Lipinski definition) is 2. The second-order valence-electron chi connectivity index (χ2n) is 16.7. The molecule has 10 aliphatic rings. The van der Waals surface area contributed by atoms with Crippen molar-refractivity contribution >= 4 is 37.1 Å². The fraction of sp³-hybridized carbons (Fsp3) is 0.333. The van der Waals surface area contributed by atoms with Gasteiger partial charge in [-0.1, -0.05) is 0 Å². The third kappa shape index (κ3) is 0.533. The van der Waals surface area contributed by atoms with Gasteiger partial charge in [0.15, 0.2) is 0 Å². The molecule has 4 N–H and O–H groups in total. The third-order valence-corrected chi connectivity index (χ3v) is 77.8. The molecule has 10 heterocycles. The summed E-state index contributed by atoms with van der Waals surface area (Å²) in [5.41, 5.74) is 14.4. The molecule has 2 nitrogen and oxygen atoms in total. The van der Waals surface area contributed by atoms with E-state index < -0.39 is 22.4 Å². The van der Waals surface area contributed by atoms with Crippen molar-refractivity contribution in [3.05, 3.63) is 121 Å². The molecule has 14 rings (SSSR count). The van der Waals surface area contributed by atoms with Gasteiger partial charge in [-0.3, -0.25) is 0 Å². The van der Waals surface area contributed by atoms with E-state index in [1.54, 1.807) is 21.2 Å². The molecule has 10 fully saturated rings. The predicted molar refractivity (Wildman–Crippen MR) is 170 cm³/mol. The van der Waals surface area contributed by atoms with Gasteiger partial charge in [-0.15, -0.1) is 0 Å². The van der Waals surface area contributed by atoms with Gasteiger partial charge in [-0.2, -0.15) is 0 Å². The Labute approximate surface area is 234 Å². The van der Waals surface area contributed by atoms with Crippen LogP contribution in [-0.2, 0) is 6.51 Å². The molecule has 0 amide bonds. The van der Waals surface area contributed by atoms with E-state index in [0.29, 0.717) is 19.0 Å². The first-order valence-corrected chi connectivity index (χ1v) is 24.3. The molecule has 10 saturated heterocycles. The Morgan fingerprint density at radius 3 is 1.34 bits per heavy atom. The Kier molecular flexibility index (Phi) is 1.75. The number of nitrogens with two attached hydrogens (primary N) is 2. The van der Waals surface area contributed by atoms with Crippen LogP contribution >= 0.6 is 15.8 Å². The van der Waals surface area contributed by atoms with E-state index in [-0.39, 0.29) is 6.04 Å². The maximum absolute atomic E-state index is 7.59. The van der Waals surface area contributed by atoms with Crippen molar-refractivity contribution < 1.29 is 6.51 Å². The Hall–Kier alpha value is -1.82. The molecule has 41 heavy (non-hydrogen) atoms. The summed E-state index contributed by atoms with van der Waals surface area (Å²) in [5, 5.41) is 6.56. The van der Waals surface area contributed by atoms with E-state index in [1.165, 1.54) is 0 Å². The van der Waals surface area contributed by atoms with Gasteiger partial charge in [0.2, 0.25) is 0 Å². The van der Waals surface area contributed by atoms with Gasteiger partial charge in [0.05, 0.1) is 0 Å². The molecule has 10 aliphatic heterocycles. The van der Waals surface area contributed by atoms with Crippen molar-refractivity contribution in [1.29, 1.82) is 0 Å². The van der Waals surface area contributed by atoms with Gasteiger partial charge >= 0.3 is 235 Å². The van der Waals surface area contributed by atoms with Gasteiger partial charge in [0, 0.05) is 0 Å². The first-order valence-electron chi connectivity index (χ1n) is 15.5. The van der Waals surface area contributed by atoms with Crippen LogP contribution in [0, 0.1) is 0 Å². The van der Waals surface area contributed by atoms with E-state index in [4.69, 9.17) is 11.5 Å². The summed E-state index contributed by atoms with van der Waals surface area (Å²) in [6, 6.07) is 47.6. The minimum absolute atomic E-state index is 0.198. The van der Waals surface area contributed by atoms with E-state index in [0.717, 1.165) is 33.7 Å². The van der Waals surface area contributed by atoms with Crippen LogP contribution in [0.2, 0.25) is 38.0 Å². The first-order chi connectivity index (χ1) is 20.0. The Balaban J connectivity index is 1.15. The van der Waals surface area contributed by atoms with Crippen LogP contribution < -0.4 is 32.7 Å². The zero-order valence-electron chi connectivity index (χ0n) is 22.8. The van der Waals surface area contributed by atoms with Crippen LogP contribution in [0.1, 0.15) is 0 Å². The zero-order chi connectivity index (χ0) is 26.7. The summed E-state index contributed by atoms with van der Waals surface area (Å²) >= 11 is 0. The molecular formula is C36H34FeN2P2. The van der Waals surface area contributed by atoms with Crippen molar-refractivity contribution in [1.82, 2.24) is 0 Å². The monoisotopic (exact) mass is 612 g/mol. The minimum atomic E-state index is -4.36. The molecular weight excluding hydrogens is 578 g/mol. The van der Waals surface area contributed by atoms with Gasteiger partial charge < -0.3 is 0 Å². The second-order valence-corrected chi connectivity index (χ2v) is 45.2. The average Bonchev–Trinajstić information content (AvgIpc) is 3.99. The van der Waals surface area contributed by atoms with Gasteiger partial charge in [0.1, 0.15) is 0 Å².